The van der Waals surface area contributed by atoms with E-state index in [0.717, 1.165) is 43.0 Å². The van der Waals surface area contributed by atoms with Crippen LogP contribution in [0.1, 0.15) is 45.1 Å². The Balaban J connectivity index is 2.19. The van der Waals surface area contributed by atoms with E-state index in [1.165, 1.54) is 12.8 Å². The summed E-state index contributed by atoms with van der Waals surface area (Å²) < 4.78 is 6.20. The summed E-state index contributed by atoms with van der Waals surface area (Å²) in [5.74, 6) is 0. The summed E-state index contributed by atoms with van der Waals surface area (Å²) in [6.45, 7) is 5.95. The van der Waals surface area contributed by atoms with Crippen molar-refractivity contribution in [1.29, 1.82) is 0 Å². The molecule has 1 unspecified atom stereocenters. The monoisotopic (exact) mass is 296 g/mol. The molecule has 1 saturated carbocycles. The molecule has 1 aliphatic rings. The number of halogens is 1. The molecule has 0 spiro atoms. The summed E-state index contributed by atoms with van der Waals surface area (Å²) in [5, 5.41) is 4.37. The second-order valence-electron chi connectivity index (χ2n) is 5.49. The second kappa shape index (κ2) is 7.39. The first-order chi connectivity index (χ1) is 9.72. The highest BCUT2D eigenvalue weighted by atomic mass is 35.5. The van der Waals surface area contributed by atoms with Gasteiger partial charge in [-0.25, -0.2) is 0 Å². The van der Waals surface area contributed by atoms with Crippen molar-refractivity contribution in [1.82, 2.24) is 10.3 Å². The largest absolute Gasteiger partial charge is 0.374 e. The topological polar surface area (TPSA) is 34.2 Å². The fourth-order valence-corrected chi connectivity index (χ4v) is 3.53. The predicted molar refractivity (Wildman–Crippen MR) is 83.2 cm³/mol. The van der Waals surface area contributed by atoms with E-state index in [2.05, 4.69) is 24.1 Å². The van der Waals surface area contributed by atoms with Gasteiger partial charge in [-0.2, -0.15) is 0 Å². The van der Waals surface area contributed by atoms with Crippen LogP contribution < -0.4 is 5.32 Å². The second-order valence-corrected chi connectivity index (χ2v) is 5.89. The Morgan fingerprint density at radius 1 is 1.40 bits per heavy atom. The lowest BCUT2D eigenvalue weighted by molar-refractivity contribution is -0.0609. The molecule has 0 radical (unpaired) electrons. The summed E-state index contributed by atoms with van der Waals surface area (Å²) in [7, 11) is 0. The maximum atomic E-state index is 6.27. The maximum absolute atomic E-state index is 6.27. The minimum absolute atomic E-state index is 0.0304. The molecule has 1 aromatic rings. The molecule has 0 saturated heterocycles. The molecular weight excluding hydrogens is 272 g/mol. The highest BCUT2D eigenvalue weighted by Gasteiger charge is 2.41. The number of nitrogens with one attached hydrogen (secondary N) is 1. The number of likely N-dealkylation sites (N-methyl/N-ethyl adjacent to an activating group) is 1. The number of pyridine rings is 1. The average Bonchev–Trinajstić information content (AvgIpc) is 2.91. The van der Waals surface area contributed by atoms with E-state index in [-0.39, 0.29) is 5.60 Å². The van der Waals surface area contributed by atoms with Crippen LogP contribution in [0, 0.1) is 0 Å². The molecule has 4 heteroatoms. The van der Waals surface area contributed by atoms with Crippen molar-refractivity contribution < 1.29 is 4.74 Å². The molecule has 20 heavy (non-hydrogen) atoms. The smallest absolute Gasteiger partial charge is 0.0837 e. The molecule has 3 nitrogen and oxygen atoms in total. The molecule has 1 atom stereocenters. The van der Waals surface area contributed by atoms with E-state index in [4.69, 9.17) is 16.3 Å². The molecule has 112 valence electrons. The van der Waals surface area contributed by atoms with E-state index < -0.39 is 0 Å². The van der Waals surface area contributed by atoms with Crippen molar-refractivity contribution in [3.8, 4) is 0 Å². The zero-order valence-electron chi connectivity index (χ0n) is 12.5. The lowest BCUT2D eigenvalue weighted by Gasteiger charge is -2.38. The molecule has 1 aliphatic carbocycles. The van der Waals surface area contributed by atoms with Crippen molar-refractivity contribution in [3.05, 3.63) is 29.0 Å². The van der Waals surface area contributed by atoms with Crippen molar-refractivity contribution in [2.45, 2.75) is 57.6 Å². The van der Waals surface area contributed by atoms with Crippen LogP contribution in [0.15, 0.2) is 18.5 Å². The Morgan fingerprint density at radius 3 is 2.75 bits per heavy atom. The highest BCUT2D eigenvalue weighted by molar-refractivity contribution is 6.31. The molecular formula is C16H25ClN2O. The third-order valence-corrected chi connectivity index (χ3v) is 4.59. The van der Waals surface area contributed by atoms with Gasteiger partial charge in [-0.3, -0.25) is 4.98 Å². The van der Waals surface area contributed by atoms with E-state index in [1.54, 1.807) is 6.20 Å². The number of hydrogen-bond acceptors (Lipinski definition) is 3. The first-order valence-electron chi connectivity index (χ1n) is 7.67. The van der Waals surface area contributed by atoms with Gasteiger partial charge in [0.15, 0.2) is 0 Å². The molecule has 1 fully saturated rings. The first-order valence-corrected chi connectivity index (χ1v) is 8.05. The van der Waals surface area contributed by atoms with Gasteiger partial charge in [0.25, 0.3) is 0 Å². The van der Waals surface area contributed by atoms with Gasteiger partial charge in [0.05, 0.1) is 10.6 Å². The van der Waals surface area contributed by atoms with Gasteiger partial charge in [-0.1, -0.05) is 31.4 Å². The summed E-state index contributed by atoms with van der Waals surface area (Å²) in [6, 6.07) is 2.33. The Labute approximate surface area is 127 Å². The number of rotatable bonds is 7. The normalized spacial score (nSPS) is 19.1. The Kier molecular flexibility index (Phi) is 5.82. The lowest BCUT2D eigenvalue weighted by atomic mass is 9.87. The summed E-state index contributed by atoms with van der Waals surface area (Å²) in [6.07, 6.45) is 9.23. The summed E-state index contributed by atoms with van der Waals surface area (Å²) in [5.41, 5.74) is 1.12. The minimum atomic E-state index is -0.0304. The van der Waals surface area contributed by atoms with E-state index >= 15 is 0 Å². The van der Waals surface area contributed by atoms with Crippen LogP contribution in [-0.4, -0.2) is 29.8 Å². The van der Waals surface area contributed by atoms with Gasteiger partial charge in [-0.05, 0) is 44.4 Å². The zero-order chi connectivity index (χ0) is 14.4. The van der Waals surface area contributed by atoms with Crippen LogP contribution in [0.4, 0.5) is 0 Å². The minimum Gasteiger partial charge on any atom is -0.374 e. The van der Waals surface area contributed by atoms with Gasteiger partial charge >= 0.3 is 0 Å². The molecule has 0 bridgehead atoms. The van der Waals surface area contributed by atoms with E-state index in [9.17, 15) is 0 Å². The molecule has 1 N–H and O–H groups in total. The Bertz CT molecular complexity index is 419. The van der Waals surface area contributed by atoms with E-state index in [0.29, 0.717) is 6.04 Å². The average molecular weight is 297 g/mol. The van der Waals surface area contributed by atoms with Crippen molar-refractivity contribution in [3.63, 3.8) is 0 Å². The lowest BCUT2D eigenvalue weighted by Crippen LogP contribution is -2.52. The molecule has 1 aromatic heterocycles. The van der Waals surface area contributed by atoms with Crippen LogP contribution in [0.3, 0.4) is 0 Å². The van der Waals surface area contributed by atoms with Crippen molar-refractivity contribution >= 4 is 11.6 Å². The zero-order valence-corrected chi connectivity index (χ0v) is 13.2. The van der Waals surface area contributed by atoms with Crippen molar-refractivity contribution in [2.75, 3.05) is 13.2 Å². The van der Waals surface area contributed by atoms with Crippen molar-refractivity contribution in [2.24, 2.45) is 0 Å². The van der Waals surface area contributed by atoms with Gasteiger partial charge in [0, 0.05) is 25.0 Å². The highest BCUT2D eigenvalue weighted by Crippen LogP contribution is 2.37. The molecule has 0 aliphatic heterocycles. The maximum Gasteiger partial charge on any atom is 0.0837 e. The number of nitrogens with zero attached hydrogens (tertiary/aromatic N) is 1. The van der Waals surface area contributed by atoms with Crippen LogP contribution in [0.25, 0.3) is 0 Å². The van der Waals surface area contributed by atoms with Gasteiger partial charge in [0.1, 0.15) is 0 Å². The molecule has 0 aromatic carbocycles. The Hall–Kier alpha value is -0.640. The standard InChI is InChI=1S/C16H25ClN2O/c1-3-19-15(11-13-7-10-18-12-14(13)17)16(20-4-2)8-5-6-9-16/h7,10,12,15,19H,3-6,8-9,11H2,1-2H3. The molecule has 0 amide bonds. The molecule has 2 rings (SSSR count). The predicted octanol–water partition coefficient (Wildman–Crippen LogP) is 3.60. The quantitative estimate of drug-likeness (QED) is 0.835. The SMILES string of the molecule is CCNC(Cc1ccncc1Cl)C1(OCC)CCCC1. The van der Waals surface area contributed by atoms with Crippen LogP contribution in [-0.2, 0) is 11.2 Å². The van der Waals surface area contributed by atoms with Crippen LogP contribution >= 0.6 is 11.6 Å². The van der Waals surface area contributed by atoms with E-state index in [1.807, 2.05) is 12.3 Å². The fourth-order valence-electron chi connectivity index (χ4n) is 3.33. The first kappa shape index (κ1) is 15.7. The third-order valence-electron chi connectivity index (χ3n) is 4.25. The summed E-state index contributed by atoms with van der Waals surface area (Å²) >= 11 is 6.27. The summed E-state index contributed by atoms with van der Waals surface area (Å²) in [4.78, 5) is 4.07. The fraction of sp³-hybridized carbons (Fsp3) is 0.688. The van der Waals surface area contributed by atoms with Crippen LogP contribution in [0.5, 0.6) is 0 Å². The number of aromatic nitrogens is 1. The Morgan fingerprint density at radius 2 is 2.15 bits per heavy atom. The van der Waals surface area contributed by atoms with Gasteiger partial charge < -0.3 is 10.1 Å². The number of ether oxygens (including phenoxy) is 1. The van der Waals surface area contributed by atoms with Gasteiger partial charge in [-0.15, -0.1) is 0 Å². The van der Waals surface area contributed by atoms with Gasteiger partial charge in [0.2, 0.25) is 0 Å². The van der Waals surface area contributed by atoms with Crippen LogP contribution in [0.2, 0.25) is 5.02 Å². The number of hydrogen-bond donors (Lipinski definition) is 1. The molecule has 1 heterocycles. The third kappa shape index (κ3) is 3.51.